The fourth-order valence-electron chi connectivity index (χ4n) is 0.489. The third-order valence-corrected chi connectivity index (χ3v) is 1.19. The Morgan fingerprint density at radius 2 is 1.88 bits per heavy atom. The van der Waals surface area contributed by atoms with Gasteiger partial charge in [0.25, 0.3) is 0 Å². The maximum atomic E-state index is 10.5. The summed E-state index contributed by atoms with van der Waals surface area (Å²) in [6.45, 7) is 11.4. The highest BCUT2D eigenvalue weighted by Crippen LogP contribution is 1.90. The smallest absolute Gasteiger partial charge is 0.245 e. The number of nitrogens with two attached hydrogens (primary N) is 1. The molecule has 5 heteroatoms. The summed E-state index contributed by atoms with van der Waals surface area (Å²) in [6.07, 6.45) is 2.28. The number of amides is 2. The van der Waals surface area contributed by atoms with Crippen LogP contribution in [0.15, 0.2) is 25.3 Å². The molecule has 0 heterocycles. The zero-order valence-electron chi connectivity index (χ0n) is 9.86. The first kappa shape index (κ1) is 16.8. The van der Waals surface area contributed by atoms with E-state index in [2.05, 4.69) is 38.1 Å². The first-order valence-corrected chi connectivity index (χ1v) is 4.83. The van der Waals surface area contributed by atoms with Crippen LogP contribution in [0.5, 0.6) is 0 Å². The van der Waals surface area contributed by atoms with Crippen molar-refractivity contribution in [2.24, 2.45) is 11.7 Å². The van der Waals surface area contributed by atoms with Crippen LogP contribution < -0.4 is 11.1 Å². The highest BCUT2D eigenvalue weighted by atomic mass is 16.5. The largest absolute Gasteiger partial charge is 0.366 e. The lowest BCUT2D eigenvalue weighted by atomic mass is 10.2. The van der Waals surface area contributed by atoms with Gasteiger partial charge in [-0.3, -0.25) is 9.59 Å². The van der Waals surface area contributed by atoms with Gasteiger partial charge in [-0.1, -0.05) is 27.0 Å². The predicted molar refractivity (Wildman–Crippen MR) is 63.4 cm³/mol. The molecular formula is C11H20N2O3. The summed E-state index contributed by atoms with van der Waals surface area (Å²) in [6, 6.07) is 0. The van der Waals surface area contributed by atoms with Gasteiger partial charge in [0.1, 0.15) is 6.73 Å². The molecule has 2 amide bonds. The van der Waals surface area contributed by atoms with Gasteiger partial charge in [-0.05, 0) is 18.1 Å². The average molecular weight is 228 g/mol. The van der Waals surface area contributed by atoms with Crippen molar-refractivity contribution in [2.75, 3.05) is 13.3 Å². The Morgan fingerprint density at radius 3 is 2.19 bits per heavy atom. The van der Waals surface area contributed by atoms with Crippen molar-refractivity contribution in [3.63, 3.8) is 0 Å². The lowest BCUT2D eigenvalue weighted by Gasteiger charge is -2.06. The Balaban J connectivity index is 0. The number of primary amides is 1. The molecule has 0 bridgehead atoms. The van der Waals surface area contributed by atoms with Crippen LogP contribution in [-0.4, -0.2) is 25.2 Å². The third-order valence-electron chi connectivity index (χ3n) is 1.19. The van der Waals surface area contributed by atoms with E-state index in [0.29, 0.717) is 12.5 Å². The summed E-state index contributed by atoms with van der Waals surface area (Å²) >= 11 is 0. The molecule has 0 aliphatic heterocycles. The van der Waals surface area contributed by atoms with Gasteiger partial charge in [0, 0.05) is 0 Å². The Bertz CT molecular complexity index is 237. The summed E-state index contributed by atoms with van der Waals surface area (Å²) in [5, 5.41) is 2.51. The van der Waals surface area contributed by atoms with Crippen molar-refractivity contribution in [3.05, 3.63) is 25.3 Å². The highest BCUT2D eigenvalue weighted by molar-refractivity contribution is 5.86. The van der Waals surface area contributed by atoms with Crippen molar-refractivity contribution in [2.45, 2.75) is 13.8 Å². The quantitative estimate of drug-likeness (QED) is 0.396. The topological polar surface area (TPSA) is 81.4 Å². The van der Waals surface area contributed by atoms with Crippen molar-refractivity contribution in [1.82, 2.24) is 5.32 Å². The molecule has 0 fully saturated rings. The molecule has 0 rings (SSSR count). The number of hydrogen-bond donors (Lipinski definition) is 2. The third kappa shape index (κ3) is 18.2. The van der Waals surface area contributed by atoms with Crippen LogP contribution in [0.2, 0.25) is 0 Å². The van der Waals surface area contributed by atoms with E-state index in [0.717, 1.165) is 6.08 Å². The van der Waals surface area contributed by atoms with E-state index < -0.39 is 5.91 Å². The summed E-state index contributed by atoms with van der Waals surface area (Å²) in [5.41, 5.74) is 4.53. The molecule has 0 aromatic rings. The summed E-state index contributed by atoms with van der Waals surface area (Å²) in [5.74, 6) is -0.186. The van der Waals surface area contributed by atoms with Crippen LogP contribution in [0.1, 0.15) is 13.8 Å². The predicted octanol–water partition coefficient (Wildman–Crippen LogP) is 0.576. The lowest BCUT2D eigenvalue weighted by molar-refractivity contribution is -0.118. The maximum Gasteiger partial charge on any atom is 0.245 e. The number of carbonyl (C=O) groups is 2. The van der Waals surface area contributed by atoms with Crippen LogP contribution in [0.4, 0.5) is 0 Å². The van der Waals surface area contributed by atoms with Crippen LogP contribution in [-0.2, 0) is 14.3 Å². The molecule has 0 aromatic carbocycles. The van der Waals surface area contributed by atoms with Crippen LogP contribution >= 0.6 is 0 Å². The SMILES string of the molecule is C=CC(=O)NCOCC(C)C.C=CC(N)=O. The van der Waals surface area contributed by atoms with E-state index in [1.54, 1.807) is 0 Å². The molecule has 0 aliphatic rings. The minimum Gasteiger partial charge on any atom is -0.366 e. The van der Waals surface area contributed by atoms with Gasteiger partial charge in [0.15, 0.2) is 0 Å². The van der Waals surface area contributed by atoms with Gasteiger partial charge in [-0.25, -0.2) is 0 Å². The first-order chi connectivity index (χ1) is 7.43. The second-order valence-electron chi connectivity index (χ2n) is 3.26. The zero-order chi connectivity index (χ0) is 13.0. The number of rotatable bonds is 6. The zero-order valence-corrected chi connectivity index (χ0v) is 9.86. The molecule has 0 saturated heterocycles. The van der Waals surface area contributed by atoms with Gasteiger partial charge >= 0.3 is 0 Å². The molecule has 3 N–H and O–H groups in total. The van der Waals surface area contributed by atoms with E-state index in [4.69, 9.17) is 4.74 Å². The lowest BCUT2D eigenvalue weighted by Crippen LogP contribution is -2.24. The molecule has 0 saturated carbocycles. The molecule has 0 unspecified atom stereocenters. The molecule has 0 aliphatic carbocycles. The summed E-state index contributed by atoms with van der Waals surface area (Å²) < 4.78 is 5.09. The normalized spacial score (nSPS) is 8.69. The number of ether oxygens (including phenoxy) is 1. The fourth-order valence-corrected chi connectivity index (χ4v) is 0.489. The van der Waals surface area contributed by atoms with Gasteiger partial charge < -0.3 is 15.8 Å². The van der Waals surface area contributed by atoms with Crippen molar-refractivity contribution in [1.29, 1.82) is 0 Å². The van der Waals surface area contributed by atoms with E-state index >= 15 is 0 Å². The Morgan fingerprint density at radius 1 is 1.38 bits per heavy atom. The molecule has 92 valence electrons. The molecule has 0 radical (unpaired) electrons. The van der Waals surface area contributed by atoms with Gasteiger partial charge in [0.05, 0.1) is 6.61 Å². The number of nitrogens with one attached hydrogen (secondary N) is 1. The summed E-state index contributed by atoms with van der Waals surface area (Å²) in [7, 11) is 0. The van der Waals surface area contributed by atoms with Crippen LogP contribution in [0, 0.1) is 5.92 Å². The molecule has 16 heavy (non-hydrogen) atoms. The molecule has 0 spiro atoms. The van der Waals surface area contributed by atoms with E-state index in [1.807, 2.05) is 0 Å². The van der Waals surface area contributed by atoms with Gasteiger partial charge in [-0.2, -0.15) is 0 Å². The van der Waals surface area contributed by atoms with Gasteiger partial charge in [-0.15, -0.1) is 0 Å². The first-order valence-electron chi connectivity index (χ1n) is 4.83. The van der Waals surface area contributed by atoms with Crippen LogP contribution in [0.3, 0.4) is 0 Å². The van der Waals surface area contributed by atoms with Crippen molar-refractivity contribution < 1.29 is 14.3 Å². The van der Waals surface area contributed by atoms with E-state index in [9.17, 15) is 9.59 Å². The monoisotopic (exact) mass is 228 g/mol. The molecule has 0 atom stereocenters. The molecule has 0 aromatic heterocycles. The van der Waals surface area contributed by atoms with Crippen LogP contribution in [0.25, 0.3) is 0 Å². The Kier molecular flexibility index (Phi) is 12.0. The molecular weight excluding hydrogens is 208 g/mol. The Labute approximate surface area is 96.3 Å². The van der Waals surface area contributed by atoms with Crippen molar-refractivity contribution in [3.8, 4) is 0 Å². The highest BCUT2D eigenvalue weighted by Gasteiger charge is 1.94. The fraction of sp³-hybridized carbons (Fsp3) is 0.455. The summed E-state index contributed by atoms with van der Waals surface area (Å²) in [4.78, 5) is 20.0. The maximum absolute atomic E-state index is 10.5. The minimum atomic E-state index is -0.481. The Hall–Kier alpha value is -1.62. The second-order valence-corrected chi connectivity index (χ2v) is 3.26. The van der Waals surface area contributed by atoms with Gasteiger partial charge in [0.2, 0.25) is 11.8 Å². The number of carbonyl (C=O) groups excluding carboxylic acids is 2. The van der Waals surface area contributed by atoms with E-state index in [1.165, 1.54) is 6.08 Å². The second kappa shape index (κ2) is 11.5. The minimum absolute atomic E-state index is 0.200. The average Bonchev–Trinajstić information content (AvgIpc) is 2.24. The molecule has 5 nitrogen and oxygen atoms in total. The number of hydrogen-bond acceptors (Lipinski definition) is 3. The standard InChI is InChI=1S/C8H15NO2.C3H5NO/c1-4-8(10)9-6-11-5-7(2)3;1-2-3(4)5/h4,7H,1,5-6H2,2-3H3,(H,9,10);2H,1H2,(H2,4,5). The van der Waals surface area contributed by atoms with Crippen molar-refractivity contribution >= 4 is 11.8 Å². The van der Waals surface area contributed by atoms with E-state index in [-0.39, 0.29) is 12.6 Å².